The predicted octanol–water partition coefficient (Wildman–Crippen LogP) is 3.59. The first-order valence-electron chi connectivity index (χ1n) is 7.23. The van der Waals surface area contributed by atoms with Crippen LogP contribution in [0.15, 0.2) is 60.0 Å². The van der Waals surface area contributed by atoms with Gasteiger partial charge in [0.05, 0.1) is 17.2 Å². The average Bonchev–Trinajstić information content (AvgIpc) is 2.55. The van der Waals surface area contributed by atoms with Gasteiger partial charge in [-0.15, -0.1) is 6.58 Å². The van der Waals surface area contributed by atoms with Crippen molar-refractivity contribution in [1.29, 1.82) is 0 Å². The molecule has 0 bridgehead atoms. The molecule has 0 N–H and O–H groups in total. The molecule has 0 saturated heterocycles. The van der Waals surface area contributed by atoms with E-state index in [-0.39, 0.29) is 11.4 Å². The maximum absolute atomic E-state index is 13.0. The molecule has 2 aromatic rings. The Labute approximate surface area is 141 Å². The van der Waals surface area contributed by atoms with E-state index in [2.05, 4.69) is 6.58 Å². The Morgan fingerprint density at radius 3 is 2.42 bits per heavy atom. The second-order valence-corrected chi connectivity index (χ2v) is 7.15. The lowest BCUT2D eigenvalue weighted by atomic mass is 10.1. The van der Waals surface area contributed by atoms with Crippen molar-refractivity contribution in [2.24, 2.45) is 0 Å². The summed E-state index contributed by atoms with van der Waals surface area (Å²) >= 11 is 0. The maximum Gasteiger partial charge on any atom is 0.289 e. The van der Waals surface area contributed by atoms with E-state index in [9.17, 15) is 18.5 Å². The number of anilines is 1. The molecule has 0 amide bonds. The second-order valence-electron chi connectivity index (χ2n) is 5.32. The van der Waals surface area contributed by atoms with Crippen LogP contribution in [0.25, 0.3) is 0 Å². The fourth-order valence-corrected chi connectivity index (χ4v) is 3.87. The number of rotatable bonds is 6. The number of nitro benzene ring substituents is 1. The molecule has 0 spiro atoms. The standard InChI is InChI=1S/C17H18N2O4S/c1-4-11-18(15-10-9-13(2)14(3)12-15)24(22,23)17-8-6-5-7-16(17)19(20)21/h4-10,12H,1,11H2,2-3H3. The van der Waals surface area contributed by atoms with Crippen molar-refractivity contribution < 1.29 is 13.3 Å². The van der Waals surface area contributed by atoms with Gasteiger partial charge in [0, 0.05) is 6.07 Å². The second kappa shape index (κ2) is 6.84. The molecule has 2 rings (SSSR count). The zero-order chi connectivity index (χ0) is 17.9. The monoisotopic (exact) mass is 346 g/mol. The Hall–Kier alpha value is -2.67. The predicted molar refractivity (Wildman–Crippen MR) is 93.7 cm³/mol. The third kappa shape index (κ3) is 3.30. The van der Waals surface area contributed by atoms with Crippen molar-refractivity contribution in [3.8, 4) is 0 Å². The summed E-state index contributed by atoms with van der Waals surface area (Å²) in [4.78, 5) is 10.2. The van der Waals surface area contributed by atoms with Gasteiger partial charge in [0.25, 0.3) is 15.7 Å². The quantitative estimate of drug-likeness (QED) is 0.455. The molecule has 0 unspecified atom stereocenters. The molecule has 24 heavy (non-hydrogen) atoms. The van der Waals surface area contributed by atoms with Gasteiger partial charge in [-0.2, -0.15) is 0 Å². The van der Waals surface area contributed by atoms with Gasteiger partial charge < -0.3 is 0 Å². The molecule has 7 heteroatoms. The van der Waals surface area contributed by atoms with E-state index in [0.717, 1.165) is 15.4 Å². The summed E-state index contributed by atoms with van der Waals surface area (Å²) in [6.07, 6.45) is 1.45. The molecular formula is C17H18N2O4S. The number of nitrogens with zero attached hydrogens (tertiary/aromatic N) is 2. The Balaban J connectivity index is 2.64. The lowest BCUT2D eigenvalue weighted by molar-refractivity contribution is -0.387. The Bertz CT molecular complexity index is 891. The van der Waals surface area contributed by atoms with Crippen molar-refractivity contribution in [2.45, 2.75) is 18.7 Å². The van der Waals surface area contributed by atoms with Crippen LogP contribution in [0.4, 0.5) is 11.4 Å². The molecule has 2 aromatic carbocycles. The highest BCUT2D eigenvalue weighted by Gasteiger charge is 2.31. The largest absolute Gasteiger partial charge is 0.289 e. The minimum atomic E-state index is -4.10. The van der Waals surface area contributed by atoms with E-state index in [1.165, 1.54) is 30.3 Å². The fourth-order valence-electron chi connectivity index (χ4n) is 2.29. The van der Waals surface area contributed by atoms with Crippen molar-refractivity contribution in [3.05, 3.63) is 76.4 Å². The molecule has 0 radical (unpaired) electrons. The van der Waals surface area contributed by atoms with Crippen LogP contribution in [0.5, 0.6) is 0 Å². The molecule has 0 aliphatic carbocycles. The van der Waals surface area contributed by atoms with Gasteiger partial charge >= 0.3 is 0 Å². The summed E-state index contributed by atoms with van der Waals surface area (Å²) in [5.41, 5.74) is 1.95. The molecular weight excluding hydrogens is 328 g/mol. The third-order valence-electron chi connectivity index (χ3n) is 3.70. The smallest absolute Gasteiger partial charge is 0.262 e. The number of benzene rings is 2. The van der Waals surface area contributed by atoms with Crippen LogP contribution >= 0.6 is 0 Å². The SMILES string of the molecule is C=CCN(c1ccc(C)c(C)c1)S(=O)(=O)c1ccccc1[N+](=O)[O-]. The summed E-state index contributed by atoms with van der Waals surface area (Å²) in [5.74, 6) is 0. The van der Waals surface area contributed by atoms with E-state index in [0.29, 0.717) is 5.69 Å². The van der Waals surface area contributed by atoms with E-state index in [1.54, 1.807) is 12.1 Å². The first kappa shape index (κ1) is 17.7. The van der Waals surface area contributed by atoms with Gasteiger partial charge in [0.1, 0.15) is 0 Å². The zero-order valence-electron chi connectivity index (χ0n) is 13.5. The molecule has 6 nitrogen and oxygen atoms in total. The minimum Gasteiger partial charge on any atom is -0.262 e. The van der Waals surface area contributed by atoms with Gasteiger partial charge in [-0.1, -0.05) is 24.3 Å². The minimum absolute atomic E-state index is 0.0108. The molecule has 126 valence electrons. The van der Waals surface area contributed by atoms with Gasteiger partial charge in [0.2, 0.25) is 0 Å². The molecule has 0 aliphatic rings. The van der Waals surface area contributed by atoms with Crippen molar-refractivity contribution in [3.63, 3.8) is 0 Å². The number of sulfonamides is 1. The summed E-state index contributed by atoms with van der Waals surface area (Å²) in [7, 11) is -4.10. The summed E-state index contributed by atoms with van der Waals surface area (Å²) in [6, 6.07) is 10.6. The number of nitro groups is 1. The third-order valence-corrected chi connectivity index (χ3v) is 5.54. The lowest BCUT2D eigenvalue weighted by Crippen LogP contribution is -2.31. The van der Waals surface area contributed by atoms with E-state index >= 15 is 0 Å². The van der Waals surface area contributed by atoms with Gasteiger partial charge in [-0.3, -0.25) is 14.4 Å². The molecule has 0 fully saturated rings. The molecule has 0 saturated carbocycles. The van der Waals surface area contributed by atoms with Gasteiger partial charge in [-0.25, -0.2) is 8.42 Å². The van der Waals surface area contributed by atoms with Crippen LogP contribution in [-0.4, -0.2) is 19.9 Å². The lowest BCUT2D eigenvalue weighted by Gasteiger charge is -2.23. The first-order chi connectivity index (χ1) is 11.3. The van der Waals surface area contributed by atoms with Crippen LogP contribution in [0.3, 0.4) is 0 Å². The van der Waals surface area contributed by atoms with Crippen LogP contribution in [-0.2, 0) is 10.0 Å². The van der Waals surface area contributed by atoms with Gasteiger partial charge in [0.15, 0.2) is 4.90 Å². The number of hydrogen-bond acceptors (Lipinski definition) is 4. The maximum atomic E-state index is 13.0. The number of para-hydroxylation sites is 1. The highest BCUT2D eigenvalue weighted by molar-refractivity contribution is 7.93. The molecule has 0 atom stereocenters. The average molecular weight is 346 g/mol. The molecule has 0 aliphatic heterocycles. The first-order valence-corrected chi connectivity index (χ1v) is 8.67. The van der Waals surface area contributed by atoms with Crippen LogP contribution in [0.1, 0.15) is 11.1 Å². The highest BCUT2D eigenvalue weighted by atomic mass is 32.2. The number of hydrogen-bond donors (Lipinski definition) is 0. The van der Waals surface area contributed by atoms with Gasteiger partial charge in [-0.05, 0) is 43.2 Å². The fraction of sp³-hybridized carbons (Fsp3) is 0.176. The summed E-state index contributed by atoms with van der Waals surface area (Å²) in [6.45, 7) is 7.40. The van der Waals surface area contributed by atoms with Crippen molar-refractivity contribution >= 4 is 21.4 Å². The topological polar surface area (TPSA) is 80.5 Å². The van der Waals surface area contributed by atoms with E-state index < -0.39 is 20.6 Å². The molecule has 0 aromatic heterocycles. The molecule has 0 heterocycles. The van der Waals surface area contributed by atoms with E-state index in [4.69, 9.17) is 0 Å². The van der Waals surface area contributed by atoms with Crippen LogP contribution < -0.4 is 4.31 Å². The van der Waals surface area contributed by atoms with Crippen molar-refractivity contribution in [2.75, 3.05) is 10.8 Å². The Morgan fingerprint density at radius 2 is 1.83 bits per heavy atom. The normalized spacial score (nSPS) is 11.1. The summed E-state index contributed by atoms with van der Waals surface area (Å²) < 4.78 is 27.2. The van der Waals surface area contributed by atoms with Crippen molar-refractivity contribution in [1.82, 2.24) is 0 Å². The van der Waals surface area contributed by atoms with E-state index in [1.807, 2.05) is 19.9 Å². The summed E-state index contributed by atoms with van der Waals surface area (Å²) in [5, 5.41) is 11.2. The highest BCUT2D eigenvalue weighted by Crippen LogP contribution is 2.30. The van der Waals surface area contributed by atoms with Crippen LogP contribution in [0.2, 0.25) is 0 Å². The number of aryl methyl sites for hydroxylation is 2. The van der Waals surface area contributed by atoms with Crippen LogP contribution in [0, 0.1) is 24.0 Å². The Kier molecular flexibility index (Phi) is 5.04. The Morgan fingerprint density at radius 1 is 1.17 bits per heavy atom. The zero-order valence-corrected chi connectivity index (χ0v) is 14.3.